The number of anilines is 1. The SMILES string of the molecule is CC1c2ccsc2CCN1c1nc(Cl)c(CO)s1. The van der Waals surface area contributed by atoms with Crippen molar-refractivity contribution < 1.29 is 5.11 Å². The summed E-state index contributed by atoms with van der Waals surface area (Å²) in [6.45, 7) is 3.12. The Kier molecular flexibility index (Phi) is 3.32. The first-order chi connectivity index (χ1) is 8.70. The Bertz CT molecular complexity index is 566. The summed E-state index contributed by atoms with van der Waals surface area (Å²) in [6, 6.07) is 2.52. The largest absolute Gasteiger partial charge is 0.391 e. The number of aromatic nitrogens is 1. The average molecular weight is 301 g/mol. The molecule has 0 spiro atoms. The van der Waals surface area contributed by atoms with E-state index >= 15 is 0 Å². The quantitative estimate of drug-likeness (QED) is 0.922. The minimum Gasteiger partial charge on any atom is -0.391 e. The molecular weight excluding hydrogens is 288 g/mol. The van der Waals surface area contributed by atoms with E-state index in [0.29, 0.717) is 11.2 Å². The summed E-state index contributed by atoms with van der Waals surface area (Å²) in [6.07, 6.45) is 1.06. The van der Waals surface area contributed by atoms with E-state index in [1.54, 1.807) is 0 Å². The van der Waals surface area contributed by atoms with Crippen LogP contribution in [-0.2, 0) is 13.0 Å². The number of thiazole rings is 1. The zero-order valence-corrected chi connectivity index (χ0v) is 12.3. The van der Waals surface area contributed by atoms with E-state index in [0.717, 1.165) is 23.0 Å². The Morgan fingerprint density at radius 3 is 3.17 bits per heavy atom. The fraction of sp³-hybridized carbons (Fsp3) is 0.417. The van der Waals surface area contributed by atoms with Gasteiger partial charge in [0, 0.05) is 11.4 Å². The molecule has 1 aliphatic rings. The predicted octanol–water partition coefficient (Wildman–Crippen LogP) is 3.47. The number of thiophene rings is 1. The van der Waals surface area contributed by atoms with Gasteiger partial charge in [0.1, 0.15) is 5.15 Å². The molecule has 0 amide bonds. The highest BCUT2D eigenvalue weighted by atomic mass is 35.5. The van der Waals surface area contributed by atoms with Gasteiger partial charge in [0.15, 0.2) is 5.13 Å². The van der Waals surface area contributed by atoms with Crippen LogP contribution in [0, 0.1) is 0 Å². The molecule has 0 saturated carbocycles. The molecule has 0 aromatic carbocycles. The average Bonchev–Trinajstić information content (AvgIpc) is 2.96. The Labute approximate surface area is 119 Å². The van der Waals surface area contributed by atoms with Crippen LogP contribution in [0.3, 0.4) is 0 Å². The van der Waals surface area contributed by atoms with Crippen molar-refractivity contribution in [2.24, 2.45) is 0 Å². The Hall–Kier alpha value is -0.620. The summed E-state index contributed by atoms with van der Waals surface area (Å²) in [5, 5.41) is 12.7. The second-order valence-corrected chi connectivity index (χ2v) is 6.71. The summed E-state index contributed by atoms with van der Waals surface area (Å²) in [4.78, 5) is 8.86. The Morgan fingerprint density at radius 1 is 1.61 bits per heavy atom. The molecule has 1 atom stereocenters. The molecule has 0 saturated heterocycles. The van der Waals surface area contributed by atoms with E-state index in [-0.39, 0.29) is 6.61 Å². The van der Waals surface area contributed by atoms with Crippen LogP contribution < -0.4 is 4.90 Å². The number of halogens is 1. The fourth-order valence-electron chi connectivity index (χ4n) is 2.31. The van der Waals surface area contributed by atoms with Crippen molar-refractivity contribution >= 4 is 39.4 Å². The number of rotatable bonds is 2. The van der Waals surface area contributed by atoms with E-state index in [9.17, 15) is 5.11 Å². The van der Waals surface area contributed by atoms with Gasteiger partial charge in [-0.1, -0.05) is 22.9 Å². The molecule has 18 heavy (non-hydrogen) atoms. The minimum absolute atomic E-state index is 0.0393. The second-order valence-electron chi connectivity index (χ2n) is 4.29. The van der Waals surface area contributed by atoms with Crippen molar-refractivity contribution in [3.05, 3.63) is 31.9 Å². The van der Waals surface area contributed by atoms with Gasteiger partial charge in [-0.05, 0) is 30.4 Å². The number of fused-ring (bicyclic) bond motifs is 1. The van der Waals surface area contributed by atoms with Crippen LogP contribution in [0.25, 0.3) is 0 Å². The van der Waals surface area contributed by atoms with Gasteiger partial charge >= 0.3 is 0 Å². The van der Waals surface area contributed by atoms with E-state index in [1.165, 1.54) is 21.8 Å². The van der Waals surface area contributed by atoms with Crippen LogP contribution in [0.5, 0.6) is 0 Å². The maximum atomic E-state index is 9.19. The Balaban J connectivity index is 1.94. The molecule has 2 aromatic heterocycles. The highest BCUT2D eigenvalue weighted by Gasteiger charge is 2.27. The van der Waals surface area contributed by atoms with Crippen LogP contribution in [0.15, 0.2) is 11.4 Å². The summed E-state index contributed by atoms with van der Waals surface area (Å²) in [5.74, 6) is 0. The zero-order valence-electron chi connectivity index (χ0n) is 9.89. The van der Waals surface area contributed by atoms with E-state index in [2.05, 4.69) is 28.3 Å². The summed E-state index contributed by atoms with van der Waals surface area (Å²) < 4.78 is 0. The summed E-state index contributed by atoms with van der Waals surface area (Å²) >= 11 is 9.32. The van der Waals surface area contributed by atoms with Crippen LogP contribution in [0.2, 0.25) is 5.15 Å². The van der Waals surface area contributed by atoms with Crippen LogP contribution in [0.1, 0.15) is 28.3 Å². The van der Waals surface area contributed by atoms with Gasteiger partial charge in [0.05, 0.1) is 17.5 Å². The third-order valence-electron chi connectivity index (χ3n) is 3.30. The topological polar surface area (TPSA) is 36.4 Å². The standard InChI is InChI=1S/C12H13ClN2OS2/c1-7-8-3-5-17-9(8)2-4-15(7)12-14-11(13)10(6-16)18-12/h3,5,7,16H,2,4,6H2,1H3. The molecular formula is C12H13ClN2OS2. The third-order valence-corrected chi connectivity index (χ3v) is 5.80. The van der Waals surface area contributed by atoms with Gasteiger partial charge in [0.2, 0.25) is 0 Å². The zero-order chi connectivity index (χ0) is 12.7. The van der Waals surface area contributed by atoms with Crippen molar-refractivity contribution in [2.45, 2.75) is 26.0 Å². The first-order valence-electron chi connectivity index (χ1n) is 5.79. The minimum atomic E-state index is -0.0393. The Morgan fingerprint density at radius 2 is 2.44 bits per heavy atom. The normalized spacial score (nSPS) is 19.1. The van der Waals surface area contributed by atoms with Gasteiger partial charge in [-0.15, -0.1) is 11.3 Å². The van der Waals surface area contributed by atoms with Gasteiger partial charge in [0.25, 0.3) is 0 Å². The molecule has 3 nitrogen and oxygen atoms in total. The first-order valence-corrected chi connectivity index (χ1v) is 7.87. The molecule has 96 valence electrons. The molecule has 1 unspecified atom stereocenters. The molecule has 3 heterocycles. The van der Waals surface area contributed by atoms with E-state index in [4.69, 9.17) is 11.6 Å². The molecule has 1 aliphatic heterocycles. The van der Waals surface area contributed by atoms with Crippen molar-refractivity contribution in [3.63, 3.8) is 0 Å². The monoisotopic (exact) mass is 300 g/mol. The molecule has 6 heteroatoms. The molecule has 2 aromatic rings. The summed E-state index contributed by atoms with van der Waals surface area (Å²) in [5.41, 5.74) is 1.39. The van der Waals surface area contributed by atoms with Crippen LogP contribution >= 0.6 is 34.3 Å². The lowest BCUT2D eigenvalue weighted by Crippen LogP contribution is -2.32. The molecule has 0 fully saturated rings. The number of aliphatic hydroxyl groups excluding tert-OH is 1. The molecule has 0 radical (unpaired) electrons. The van der Waals surface area contributed by atoms with Gasteiger partial charge in [-0.2, -0.15) is 0 Å². The van der Waals surface area contributed by atoms with Crippen molar-refractivity contribution in [2.75, 3.05) is 11.4 Å². The number of nitrogens with zero attached hydrogens (tertiary/aromatic N) is 2. The number of hydrogen-bond acceptors (Lipinski definition) is 5. The first kappa shape index (κ1) is 12.4. The molecule has 0 bridgehead atoms. The predicted molar refractivity (Wildman–Crippen MR) is 76.8 cm³/mol. The lowest BCUT2D eigenvalue weighted by Gasteiger charge is -2.33. The smallest absolute Gasteiger partial charge is 0.187 e. The van der Waals surface area contributed by atoms with Gasteiger partial charge in [-0.25, -0.2) is 4.98 Å². The molecule has 1 N–H and O–H groups in total. The van der Waals surface area contributed by atoms with Crippen molar-refractivity contribution in [3.8, 4) is 0 Å². The maximum absolute atomic E-state index is 9.19. The molecule has 3 rings (SSSR count). The molecule has 0 aliphatic carbocycles. The van der Waals surface area contributed by atoms with E-state index < -0.39 is 0 Å². The second kappa shape index (κ2) is 4.81. The summed E-state index contributed by atoms with van der Waals surface area (Å²) in [7, 11) is 0. The van der Waals surface area contributed by atoms with Gasteiger partial charge < -0.3 is 10.0 Å². The van der Waals surface area contributed by atoms with Crippen molar-refractivity contribution in [1.29, 1.82) is 0 Å². The van der Waals surface area contributed by atoms with Crippen LogP contribution in [0.4, 0.5) is 5.13 Å². The highest BCUT2D eigenvalue weighted by Crippen LogP contribution is 2.39. The van der Waals surface area contributed by atoms with Gasteiger partial charge in [-0.3, -0.25) is 0 Å². The lowest BCUT2D eigenvalue weighted by atomic mass is 10.0. The van der Waals surface area contributed by atoms with E-state index in [1.807, 2.05) is 11.3 Å². The van der Waals surface area contributed by atoms with Crippen LogP contribution in [-0.4, -0.2) is 16.6 Å². The maximum Gasteiger partial charge on any atom is 0.187 e. The van der Waals surface area contributed by atoms with Crippen molar-refractivity contribution in [1.82, 2.24) is 4.98 Å². The fourth-order valence-corrected chi connectivity index (χ4v) is 4.50. The third kappa shape index (κ3) is 1.95. The number of aliphatic hydroxyl groups is 1. The highest BCUT2D eigenvalue weighted by molar-refractivity contribution is 7.16. The number of hydrogen-bond donors (Lipinski definition) is 1. The lowest BCUT2D eigenvalue weighted by molar-refractivity contribution is 0.285.